The minimum atomic E-state index is -0.878. The zero-order valence-electron chi connectivity index (χ0n) is 10.2. The van der Waals surface area contributed by atoms with Crippen molar-refractivity contribution in [2.45, 2.75) is 45.3 Å². The van der Waals surface area contributed by atoms with E-state index in [1.54, 1.807) is 0 Å². The van der Waals surface area contributed by atoms with Gasteiger partial charge in [-0.15, -0.1) is 5.10 Å². The van der Waals surface area contributed by atoms with Crippen LogP contribution in [-0.4, -0.2) is 37.9 Å². The summed E-state index contributed by atoms with van der Waals surface area (Å²) in [5.41, 5.74) is 1.06. The molecule has 17 heavy (non-hydrogen) atoms. The Labute approximate surface area is 100 Å². The van der Waals surface area contributed by atoms with Crippen molar-refractivity contribution < 1.29 is 10.2 Å². The van der Waals surface area contributed by atoms with E-state index in [9.17, 15) is 5.11 Å². The van der Waals surface area contributed by atoms with E-state index in [1.807, 2.05) is 19.9 Å². The van der Waals surface area contributed by atoms with Gasteiger partial charge in [0.25, 0.3) is 0 Å². The average molecular weight is 238 g/mol. The fourth-order valence-corrected chi connectivity index (χ4v) is 1.87. The molecule has 6 heteroatoms. The predicted molar refractivity (Wildman–Crippen MR) is 61.2 cm³/mol. The normalized spacial score (nSPS) is 12.7. The van der Waals surface area contributed by atoms with Crippen molar-refractivity contribution >= 4 is 0 Å². The van der Waals surface area contributed by atoms with Crippen molar-refractivity contribution in [2.24, 2.45) is 0 Å². The Morgan fingerprint density at radius 3 is 2.53 bits per heavy atom. The van der Waals surface area contributed by atoms with Crippen LogP contribution in [0.4, 0.5) is 0 Å². The van der Waals surface area contributed by atoms with Crippen LogP contribution >= 0.6 is 0 Å². The molecular weight excluding hydrogens is 220 g/mol. The predicted octanol–water partition coefficient (Wildman–Crippen LogP) is 0.407. The first-order chi connectivity index (χ1) is 8.17. The van der Waals surface area contributed by atoms with Gasteiger partial charge in [-0.25, -0.2) is 4.68 Å². The largest absolute Gasteiger partial charge is 0.394 e. The van der Waals surface area contributed by atoms with Crippen molar-refractivity contribution in [3.63, 3.8) is 0 Å². The molecule has 0 bridgehead atoms. The van der Waals surface area contributed by atoms with Gasteiger partial charge in [-0.05, 0) is 12.8 Å². The van der Waals surface area contributed by atoms with E-state index < -0.39 is 6.10 Å². The molecule has 1 unspecified atom stereocenters. The van der Waals surface area contributed by atoms with Gasteiger partial charge in [0.1, 0.15) is 6.07 Å². The van der Waals surface area contributed by atoms with Crippen molar-refractivity contribution in [3.8, 4) is 6.07 Å². The molecule has 2 N–H and O–H groups in total. The van der Waals surface area contributed by atoms with Crippen molar-refractivity contribution in [1.29, 1.82) is 5.26 Å². The summed E-state index contributed by atoms with van der Waals surface area (Å²) in [4.78, 5) is 0. The molecule has 0 spiro atoms. The lowest BCUT2D eigenvalue weighted by molar-refractivity contribution is 0.0767. The van der Waals surface area contributed by atoms with Crippen LogP contribution in [0.5, 0.6) is 0 Å². The standard InChI is InChI=1S/C11H18N4O2/c1-3-8(4-2)11-10(5-12)13-14-15(11)6-9(17)7-16/h8-9,16-17H,3-4,6-7H2,1-2H3. The number of rotatable bonds is 6. The zero-order valence-corrected chi connectivity index (χ0v) is 10.2. The van der Waals surface area contributed by atoms with Crippen LogP contribution < -0.4 is 0 Å². The quantitative estimate of drug-likeness (QED) is 0.748. The van der Waals surface area contributed by atoms with Crippen LogP contribution in [0.2, 0.25) is 0 Å². The fourth-order valence-electron chi connectivity index (χ4n) is 1.87. The molecule has 1 aromatic rings. The number of nitriles is 1. The van der Waals surface area contributed by atoms with Crippen LogP contribution in [0.1, 0.15) is 44.0 Å². The Kier molecular flexibility index (Phi) is 5.07. The molecule has 6 nitrogen and oxygen atoms in total. The average Bonchev–Trinajstić information content (AvgIpc) is 2.74. The maximum Gasteiger partial charge on any atom is 0.186 e. The first kappa shape index (κ1) is 13.6. The SMILES string of the molecule is CCC(CC)c1c(C#N)nnn1CC(O)CO. The minimum Gasteiger partial charge on any atom is -0.394 e. The first-order valence-electron chi connectivity index (χ1n) is 5.80. The number of nitrogens with zero attached hydrogens (tertiary/aromatic N) is 4. The number of hydrogen-bond donors (Lipinski definition) is 2. The van der Waals surface area contributed by atoms with Crippen LogP contribution in [-0.2, 0) is 6.54 Å². The second-order valence-corrected chi connectivity index (χ2v) is 3.97. The summed E-state index contributed by atoms with van der Waals surface area (Å²) in [6.45, 7) is 3.91. The summed E-state index contributed by atoms with van der Waals surface area (Å²) in [6.07, 6.45) is 0.887. The summed E-state index contributed by atoms with van der Waals surface area (Å²) < 4.78 is 1.52. The highest BCUT2D eigenvalue weighted by atomic mass is 16.3. The molecule has 0 aliphatic heterocycles. The highest BCUT2D eigenvalue weighted by Crippen LogP contribution is 2.24. The van der Waals surface area contributed by atoms with Gasteiger partial charge in [-0.3, -0.25) is 0 Å². The smallest absolute Gasteiger partial charge is 0.186 e. The van der Waals surface area contributed by atoms with E-state index in [0.717, 1.165) is 18.5 Å². The molecule has 1 rings (SSSR count). The van der Waals surface area contributed by atoms with E-state index in [2.05, 4.69) is 10.3 Å². The summed E-state index contributed by atoms with van der Waals surface area (Å²) >= 11 is 0. The lowest BCUT2D eigenvalue weighted by atomic mass is 9.97. The molecule has 0 radical (unpaired) electrons. The maximum absolute atomic E-state index is 9.42. The summed E-state index contributed by atoms with van der Waals surface area (Å²) in [5, 5.41) is 34.9. The van der Waals surface area contributed by atoms with Gasteiger partial charge >= 0.3 is 0 Å². The second-order valence-electron chi connectivity index (χ2n) is 3.97. The Morgan fingerprint density at radius 1 is 1.41 bits per heavy atom. The Hall–Kier alpha value is -1.45. The molecule has 0 aliphatic carbocycles. The molecule has 0 aromatic carbocycles. The Bertz CT molecular complexity index is 393. The topological polar surface area (TPSA) is 95.0 Å². The van der Waals surface area contributed by atoms with E-state index in [4.69, 9.17) is 10.4 Å². The number of hydrogen-bond acceptors (Lipinski definition) is 5. The molecule has 0 saturated carbocycles. The van der Waals surface area contributed by atoms with Crippen LogP contribution in [0.3, 0.4) is 0 Å². The molecule has 0 amide bonds. The molecule has 0 fully saturated rings. The van der Waals surface area contributed by atoms with Crippen molar-refractivity contribution in [2.75, 3.05) is 6.61 Å². The third-order valence-corrected chi connectivity index (χ3v) is 2.85. The summed E-state index contributed by atoms with van der Waals surface area (Å²) in [6, 6.07) is 2.02. The first-order valence-corrected chi connectivity index (χ1v) is 5.80. The van der Waals surface area contributed by atoms with E-state index in [0.29, 0.717) is 5.69 Å². The molecule has 0 saturated heterocycles. The number of aliphatic hydroxyl groups excluding tert-OH is 2. The highest BCUT2D eigenvalue weighted by molar-refractivity contribution is 5.27. The van der Waals surface area contributed by atoms with Crippen LogP contribution in [0, 0.1) is 11.3 Å². The molecule has 1 atom stereocenters. The molecular formula is C11H18N4O2. The van der Waals surface area contributed by atoms with Crippen LogP contribution in [0.25, 0.3) is 0 Å². The zero-order chi connectivity index (χ0) is 12.8. The Morgan fingerprint density at radius 2 is 2.06 bits per heavy atom. The lowest BCUT2D eigenvalue weighted by Crippen LogP contribution is -2.23. The van der Waals surface area contributed by atoms with E-state index in [-0.39, 0.29) is 19.1 Å². The van der Waals surface area contributed by atoms with Gasteiger partial charge in [-0.1, -0.05) is 19.1 Å². The number of aromatic nitrogens is 3. The maximum atomic E-state index is 9.42. The molecule has 94 valence electrons. The Balaban J connectivity index is 3.06. The highest BCUT2D eigenvalue weighted by Gasteiger charge is 2.21. The fraction of sp³-hybridized carbons (Fsp3) is 0.727. The third-order valence-electron chi connectivity index (χ3n) is 2.85. The molecule has 1 heterocycles. The lowest BCUT2D eigenvalue weighted by Gasteiger charge is -2.16. The van der Waals surface area contributed by atoms with Gasteiger partial charge in [-0.2, -0.15) is 5.26 Å². The van der Waals surface area contributed by atoms with Gasteiger partial charge in [0.15, 0.2) is 5.69 Å². The van der Waals surface area contributed by atoms with Gasteiger partial charge in [0, 0.05) is 5.92 Å². The minimum absolute atomic E-state index is 0.164. The second kappa shape index (κ2) is 6.33. The van der Waals surface area contributed by atoms with Gasteiger partial charge in [0.2, 0.25) is 0 Å². The van der Waals surface area contributed by atoms with Crippen LogP contribution in [0.15, 0.2) is 0 Å². The van der Waals surface area contributed by atoms with E-state index in [1.165, 1.54) is 4.68 Å². The number of aliphatic hydroxyl groups is 2. The third kappa shape index (κ3) is 3.02. The molecule has 0 aliphatic rings. The summed E-state index contributed by atoms with van der Waals surface area (Å²) in [5.74, 6) is 0.200. The monoisotopic (exact) mass is 238 g/mol. The van der Waals surface area contributed by atoms with Crippen molar-refractivity contribution in [1.82, 2.24) is 15.0 Å². The van der Waals surface area contributed by atoms with Gasteiger partial charge < -0.3 is 10.2 Å². The molecule has 1 aromatic heterocycles. The van der Waals surface area contributed by atoms with E-state index >= 15 is 0 Å². The van der Waals surface area contributed by atoms with Gasteiger partial charge in [0.05, 0.1) is 24.9 Å². The van der Waals surface area contributed by atoms with Crippen molar-refractivity contribution in [3.05, 3.63) is 11.4 Å². The summed E-state index contributed by atoms with van der Waals surface area (Å²) in [7, 11) is 0.